The van der Waals surface area contributed by atoms with Crippen molar-refractivity contribution >= 4 is 39.6 Å². The molecule has 0 unspecified atom stereocenters. The Labute approximate surface area is 128 Å². The topological polar surface area (TPSA) is 81.5 Å². The average Bonchev–Trinajstić information content (AvgIpc) is 2.43. The molecule has 0 fully saturated rings. The summed E-state index contributed by atoms with van der Waals surface area (Å²) in [7, 11) is 0. The Morgan fingerprint density at radius 2 is 1.95 bits per heavy atom. The second-order valence-corrected chi connectivity index (χ2v) is 5.85. The second kappa shape index (κ2) is 6.53. The average molecular weight is 352 g/mol. The molecule has 0 aliphatic carbocycles. The number of nitrogens with zero attached hydrogens (tertiary/aromatic N) is 2. The van der Waals surface area contributed by atoms with E-state index in [1.807, 2.05) is 24.3 Å². The molecule has 0 spiro atoms. The van der Waals surface area contributed by atoms with Crippen molar-refractivity contribution in [3.05, 3.63) is 62.6 Å². The van der Waals surface area contributed by atoms with Crippen molar-refractivity contribution in [2.24, 2.45) is 10.9 Å². The van der Waals surface area contributed by atoms with Crippen LogP contribution in [0, 0.1) is 10.1 Å². The summed E-state index contributed by atoms with van der Waals surface area (Å²) in [5, 5.41) is 14.5. The monoisotopic (exact) mass is 351 g/mol. The number of halogens is 1. The fraction of sp³-hybridized carbons (Fsp3) is 0. The van der Waals surface area contributed by atoms with Crippen LogP contribution in [0.5, 0.6) is 0 Å². The van der Waals surface area contributed by atoms with E-state index in [0.29, 0.717) is 10.5 Å². The maximum atomic E-state index is 11.1. The van der Waals surface area contributed by atoms with Gasteiger partial charge in [0.2, 0.25) is 0 Å². The Kier molecular flexibility index (Phi) is 4.75. The lowest BCUT2D eigenvalue weighted by Gasteiger charge is -2.04. The van der Waals surface area contributed by atoms with E-state index in [4.69, 9.17) is 5.84 Å². The summed E-state index contributed by atoms with van der Waals surface area (Å²) in [5.41, 5.74) is 0.634. The Morgan fingerprint density at radius 1 is 1.25 bits per heavy atom. The predicted octanol–water partition coefficient (Wildman–Crippen LogP) is 3.80. The number of nitrogens with two attached hydrogens (primary N) is 1. The third kappa shape index (κ3) is 3.58. The third-order valence-corrected chi connectivity index (χ3v) is 4.05. The fourth-order valence-corrected chi connectivity index (χ4v) is 2.72. The second-order valence-electron chi connectivity index (χ2n) is 3.82. The molecule has 0 bridgehead atoms. The molecule has 0 saturated carbocycles. The van der Waals surface area contributed by atoms with Crippen molar-refractivity contribution in [2.45, 2.75) is 9.79 Å². The molecule has 7 heteroatoms. The minimum Gasteiger partial charge on any atom is -0.323 e. The van der Waals surface area contributed by atoms with E-state index in [9.17, 15) is 10.1 Å². The molecular weight excluding hydrogens is 342 g/mol. The number of nitro benzene ring substituents is 1. The SMILES string of the molecule is NN=Cc1ccc(Sc2ccc(Br)cc2)c([N+](=O)[O-])c1. The van der Waals surface area contributed by atoms with Crippen LogP contribution < -0.4 is 5.84 Å². The summed E-state index contributed by atoms with van der Waals surface area (Å²) in [6, 6.07) is 12.5. The van der Waals surface area contributed by atoms with Gasteiger partial charge in [-0.2, -0.15) is 5.10 Å². The quantitative estimate of drug-likeness (QED) is 0.393. The lowest BCUT2D eigenvalue weighted by Crippen LogP contribution is -1.94. The van der Waals surface area contributed by atoms with Gasteiger partial charge < -0.3 is 5.84 Å². The van der Waals surface area contributed by atoms with Crippen molar-refractivity contribution in [1.82, 2.24) is 0 Å². The zero-order valence-corrected chi connectivity index (χ0v) is 12.6. The highest BCUT2D eigenvalue weighted by Gasteiger charge is 2.15. The van der Waals surface area contributed by atoms with E-state index in [0.717, 1.165) is 9.37 Å². The van der Waals surface area contributed by atoms with Crippen LogP contribution >= 0.6 is 27.7 Å². The van der Waals surface area contributed by atoms with Crippen LogP contribution in [-0.4, -0.2) is 11.1 Å². The van der Waals surface area contributed by atoms with Crippen molar-refractivity contribution < 1.29 is 4.92 Å². The summed E-state index contributed by atoms with van der Waals surface area (Å²) in [4.78, 5) is 12.2. The van der Waals surface area contributed by atoms with Gasteiger partial charge in [0.1, 0.15) is 0 Å². The summed E-state index contributed by atoms with van der Waals surface area (Å²) >= 11 is 4.69. The molecule has 0 radical (unpaired) electrons. The molecule has 0 saturated heterocycles. The van der Waals surface area contributed by atoms with Crippen LogP contribution in [0.25, 0.3) is 0 Å². The molecule has 2 rings (SSSR count). The van der Waals surface area contributed by atoms with Gasteiger partial charge in [0, 0.05) is 21.0 Å². The van der Waals surface area contributed by atoms with Crippen LogP contribution in [-0.2, 0) is 0 Å². The maximum Gasteiger partial charge on any atom is 0.283 e. The smallest absolute Gasteiger partial charge is 0.283 e. The van der Waals surface area contributed by atoms with Crippen LogP contribution in [0.2, 0.25) is 0 Å². The number of hydrogen-bond acceptors (Lipinski definition) is 5. The van der Waals surface area contributed by atoms with E-state index in [-0.39, 0.29) is 5.69 Å². The predicted molar refractivity (Wildman–Crippen MR) is 83.1 cm³/mol. The first-order chi connectivity index (χ1) is 9.60. The minimum absolute atomic E-state index is 0.0373. The fourth-order valence-electron chi connectivity index (χ4n) is 1.56. The van der Waals surface area contributed by atoms with Crippen molar-refractivity contribution in [3.8, 4) is 0 Å². The van der Waals surface area contributed by atoms with E-state index in [1.165, 1.54) is 24.0 Å². The molecule has 5 nitrogen and oxygen atoms in total. The molecule has 0 amide bonds. The van der Waals surface area contributed by atoms with Gasteiger partial charge in [-0.15, -0.1) is 0 Å². The molecule has 0 atom stereocenters. The Hall–Kier alpha value is -1.86. The molecule has 0 aliphatic rings. The molecule has 2 N–H and O–H groups in total. The van der Waals surface area contributed by atoms with Crippen LogP contribution in [0.3, 0.4) is 0 Å². The molecule has 0 aromatic heterocycles. The number of hydrogen-bond donors (Lipinski definition) is 1. The van der Waals surface area contributed by atoms with Gasteiger partial charge in [-0.25, -0.2) is 0 Å². The first-order valence-electron chi connectivity index (χ1n) is 5.55. The highest BCUT2D eigenvalue weighted by Crippen LogP contribution is 2.35. The largest absolute Gasteiger partial charge is 0.323 e. The van der Waals surface area contributed by atoms with Gasteiger partial charge in [-0.05, 0) is 30.3 Å². The lowest BCUT2D eigenvalue weighted by molar-refractivity contribution is -0.387. The molecule has 20 heavy (non-hydrogen) atoms. The van der Waals surface area contributed by atoms with Gasteiger partial charge in [-0.1, -0.05) is 33.8 Å². The number of nitro groups is 1. The van der Waals surface area contributed by atoms with Gasteiger partial charge >= 0.3 is 0 Å². The Balaban J connectivity index is 2.35. The lowest BCUT2D eigenvalue weighted by atomic mass is 10.2. The molecule has 2 aromatic carbocycles. The van der Waals surface area contributed by atoms with Crippen molar-refractivity contribution in [1.29, 1.82) is 0 Å². The molecule has 0 aliphatic heterocycles. The summed E-state index contributed by atoms with van der Waals surface area (Å²) in [6.07, 6.45) is 1.38. The van der Waals surface area contributed by atoms with Crippen LogP contribution in [0.1, 0.15) is 5.56 Å². The van der Waals surface area contributed by atoms with E-state index in [2.05, 4.69) is 21.0 Å². The summed E-state index contributed by atoms with van der Waals surface area (Å²) in [6.45, 7) is 0. The number of hydrazone groups is 1. The summed E-state index contributed by atoms with van der Waals surface area (Å²) < 4.78 is 0.964. The van der Waals surface area contributed by atoms with Crippen molar-refractivity contribution in [2.75, 3.05) is 0 Å². The minimum atomic E-state index is -0.408. The Morgan fingerprint density at radius 3 is 2.55 bits per heavy atom. The van der Waals surface area contributed by atoms with Crippen LogP contribution in [0.4, 0.5) is 5.69 Å². The third-order valence-electron chi connectivity index (χ3n) is 2.44. The zero-order chi connectivity index (χ0) is 14.5. The standard InChI is InChI=1S/C13H10BrN3O2S/c14-10-2-4-11(5-3-10)20-13-6-1-9(8-16-15)7-12(13)17(18)19/h1-8H,15H2. The molecular formula is C13H10BrN3O2S. The van der Waals surface area contributed by atoms with Gasteiger partial charge in [0.25, 0.3) is 5.69 Å². The Bertz CT molecular complexity index is 659. The van der Waals surface area contributed by atoms with Gasteiger partial charge in [0.15, 0.2) is 0 Å². The molecule has 102 valence electrons. The van der Waals surface area contributed by atoms with Crippen molar-refractivity contribution in [3.63, 3.8) is 0 Å². The van der Waals surface area contributed by atoms with Crippen LogP contribution in [0.15, 0.2) is 61.8 Å². The van der Waals surface area contributed by atoms with Gasteiger partial charge in [-0.3, -0.25) is 10.1 Å². The van der Waals surface area contributed by atoms with E-state index >= 15 is 0 Å². The highest BCUT2D eigenvalue weighted by atomic mass is 79.9. The van der Waals surface area contributed by atoms with Gasteiger partial charge in [0.05, 0.1) is 16.0 Å². The van der Waals surface area contributed by atoms with E-state index < -0.39 is 4.92 Å². The molecule has 0 heterocycles. The normalized spacial score (nSPS) is 10.8. The molecule has 2 aromatic rings. The first kappa shape index (κ1) is 14.5. The first-order valence-corrected chi connectivity index (χ1v) is 7.16. The zero-order valence-electron chi connectivity index (χ0n) is 10.2. The highest BCUT2D eigenvalue weighted by molar-refractivity contribution is 9.10. The number of benzene rings is 2. The summed E-state index contributed by atoms with van der Waals surface area (Å²) in [5.74, 6) is 5.05. The number of rotatable bonds is 4. The van der Waals surface area contributed by atoms with E-state index in [1.54, 1.807) is 12.1 Å². The maximum absolute atomic E-state index is 11.1.